The van der Waals surface area contributed by atoms with Gasteiger partial charge in [-0.25, -0.2) is 4.98 Å². The third-order valence-corrected chi connectivity index (χ3v) is 12.3. The van der Waals surface area contributed by atoms with Crippen molar-refractivity contribution in [2.24, 2.45) is 0 Å². The van der Waals surface area contributed by atoms with E-state index in [1.54, 1.807) is 0 Å². The molecule has 2 nitrogen and oxygen atoms in total. The van der Waals surface area contributed by atoms with E-state index in [-0.39, 0.29) is 11.8 Å². The average molecular weight is 729 g/mol. The maximum atomic E-state index is 5.19. The third kappa shape index (κ3) is 5.44. The monoisotopic (exact) mass is 728 g/mol. The van der Waals surface area contributed by atoms with Crippen molar-refractivity contribution >= 4 is 55.1 Å². The third-order valence-electron chi connectivity index (χ3n) is 12.3. The molecule has 0 saturated carbocycles. The van der Waals surface area contributed by atoms with Gasteiger partial charge in [0.15, 0.2) is 0 Å². The Hall–Kier alpha value is -7.03. The van der Waals surface area contributed by atoms with E-state index in [1.807, 2.05) is 0 Å². The second kappa shape index (κ2) is 13.6. The van der Waals surface area contributed by atoms with Crippen LogP contribution in [0.3, 0.4) is 0 Å². The van der Waals surface area contributed by atoms with Crippen LogP contribution in [0.25, 0.3) is 88.8 Å². The Labute approximate surface area is 333 Å². The normalized spacial score (nSPS) is 16.3. The molecule has 2 aliphatic rings. The molecule has 2 heteroatoms. The molecular weight excluding hydrogens is 689 g/mol. The van der Waals surface area contributed by atoms with Crippen LogP contribution in [0.5, 0.6) is 0 Å². The summed E-state index contributed by atoms with van der Waals surface area (Å²) in [6.45, 7) is 2.44. The maximum absolute atomic E-state index is 5.19. The fourth-order valence-electron chi connectivity index (χ4n) is 9.63. The molecule has 57 heavy (non-hydrogen) atoms. The zero-order valence-corrected chi connectivity index (χ0v) is 31.8. The minimum absolute atomic E-state index is 0.181. The van der Waals surface area contributed by atoms with E-state index in [2.05, 4.69) is 212 Å². The summed E-state index contributed by atoms with van der Waals surface area (Å²) in [5, 5.41) is 7.66. The molecule has 2 unspecified atom stereocenters. The number of hydrogen-bond acceptors (Lipinski definition) is 1. The number of nitrogens with zero attached hydrogens (tertiary/aromatic N) is 2. The molecule has 270 valence electrons. The molecule has 0 bridgehead atoms. The second-order valence-electron chi connectivity index (χ2n) is 15.4. The van der Waals surface area contributed by atoms with E-state index in [1.165, 1.54) is 77.0 Å². The predicted molar refractivity (Wildman–Crippen MR) is 242 cm³/mol. The zero-order chi connectivity index (χ0) is 37.9. The topological polar surface area (TPSA) is 17.8 Å². The summed E-state index contributed by atoms with van der Waals surface area (Å²) in [6, 6.07) is 58.0. The molecule has 0 aliphatic heterocycles. The number of imidazole rings is 1. The average Bonchev–Trinajstić information content (AvgIpc) is 3.44. The lowest BCUT2D eigenvalue weighted by atomic mass is 9.70. The molecule has 0 saturated heterocycles. The lowest BCUT2D eigenvalue weighted by Gasteiger charge is -2.33. The highest BCUT2D eigenvalue weighted by Crippen LogP contribution is 2.53. The molecule has 0 radical (unpaired) electrons. The Kier molecular flexibility index (Phi) is 7.96. The van der Waals surface area contributed by atoms with Crippen molar-refractivity contribution in [1.82, 2.24) is 9.55 Å². The van der Waals surface area contributed by atoms with Crippen molar-refractivity contribution < 1.29 is 0 Å². The van der Waals surface area contributed by atoms with Crippen molar-refractivity contribution in [3.05, 3.63) is 211 Å². The minimum Gasteiger partial charge on any atom is -0.296 e. The summed E-state index contributed by atoms with van der Waals surface area (Å²) in [5.41, 5.74) is 13.7. The van der Waals surface area contributed by atoms with Crippen molar-refractivity contribution in [3.8, 4) is 33.6 Å². The largest absolute Gasteiger partial charge is 0.296 e. The summed E-state index contributed by atoms with van der Waals surface area (Å²) in [5.74, 6) is 1.35. The molecule has 1 aromatic heterocycles. The molecule has 9 aromatic rings. The highest BCUT2D eigenvalue weighted by Gasteiger charge is 2.32. The number of para-hydroxylation sites is 2. The Morgan fingerprint density at radius 2 is 1.18 bits per heavy atom. The Bertz CT molecular complexity index is 3160. The smallest absolute Gasteiger partial charge is 0.145 e. The van der Waals surface area contributed by atoms with Gasteiger partial charge in [-0.3, -0.25) is 4.57 Å². The van der Waals surface area contributed by atoms with Crippen LogP contribution < -0.4 is 0 Å². The number of hydrogen-bond donors (Lipinski definition) is 0. The molecule has 2 atom stereocenters. The first kappa shape index (κ1) is 33.3. The molecule has 0 spiro atoms. The fourth-order valence-corrected chi connectivity index (χ4v) is 9.63. The van der Waals surface area contributed by atoms with Gasteiger partial charge in [-0.15, -0.1) is 0 Å². The molecule has 0 amide bonds. The summed E-state index contributed by atoms with van der Waals surface area (Å²) >= 11 is 0. The molecule has 0 N–H and O–H groups in total. The number of aromatic nitrogens is 2. The summed E-state index contributed by atoms with van der Waals surface area (Å²) < 4.78 is 2.33. The molecule has 1 heterocycles. The van der Waals surface area contributed by atoms with Gasteiger partial charge >= 0.3 is 0 Å². The minimum atomic E-state index is 0.181. The zero-order valence-electron chi connectivity index (χ0n) is 31.8. The Balaban J connectivity index is 1.11. The lowest BCUT2D eigenvalue weighted by molar-refractivity contribution is 0.672. The Morgan fingerprint density at radius 1 is 0.561 bits per heavy atom. The number of fused-ring (bicyclic) bond motifs is 5. The molecule has 2 aliphatic carbocycles. The van der Waals surface area contributed by atoms with E-state index >= 15 is 0 Å². The van der Waals surface area contributed by atoms with Gasteiger partial charge in [-0.2, -0.15) is 0 Å². The van der Waals surface area contributed by atoms with Crippen molar-refractivity contribution in [2.45, 2.75) is 25.2 Å². The van der Waals surface area contributed by atoms with Crippen LogP contribution in [0, 0.1) is 0 Å². The molecular formula is C55H40N2. The first-order valence-electron chi connectivity index (χ1n) is 20.1. The molecule has 0 fully saturated rings. The second-order valence-corrected chi connectivity index (χ2v) is 15.4. The van der Waals surface area contributed by atoms with Gasteiger partial charge in [0.25, 0.3) is 0 Å². The van der Waals surface area contributed by atoms with Gasteiger partial charge in [0, 0.05) is 23.6 Å². The van der Waals surface area contributed by atoms with E-state index < -0.39 is 0 Å². The maximum Gasteiger partial charge on any atom is 0.145 e. The van der Waals surface area contributed by atoms with Crippen molar-refractivity contribution in [1.29, 1.82) is 0 Å². The first-order chi connectivity index (χ1) is 28.2. The highest BCUT2D eigenvalue weighted by atomic mass is 15.1. The van der Waals surface area contributed by atoms with Gasteiger partial charge in [0.1, 0.15) is 5.82 Å². The lowest BCUT2D eigenvalue weighted by Crippen LogP contribution is -2.14. The summed E-state index contributed by atoms with van der Waals surface area (Å²) in [6.07, 6.45) is 16.5. The van der Waals surface area contributed by atoms with Gasteiger partial charge in [0.2, 0.25) is 0 Å². The predicted octanol–water partition coefficient (Wildman–Crippen LogP) is 14.8. The first-order valence-corrected chi connectivity index (χ1v) is 20.1. The van der Waals surface area contributed by atoms with Gasteiger partial charge in [-0.05, 0) is 95.4 Å². The highest BCUT2D eigenvalue weighted by molar-refractivity contribution is 6.16. The van der Waals surface area contributed by atoms with Crippen LogP contribution in [0.15, 0.2) is 194 Å². The molecule has 8 aromatic carbocycles. The number of benzene rings is 8. The molecule has 11 rings (SSSR count). The van der Waals surface area contributed by atoms with Crippen molar-refractivity contribution in [2.75, 3.05) is 0 Å². The van der Waals surface area contributed by atoms with Crippen LogP contribution in [-0.2, 0) is 0 Å². The van der Waals surface area contributed by atoms with E-state index in [9.17, 15) is 0 Å². The van der Waals surface area contributed by atoms with Crippen LogP contribution in [0.4, 0.5) is 0 Å². The quantitative estimate of drug-likeness (QED) is 0.173. The van der Waals surface area contributed by atoms with Crippen LogP contribution >= 0.6 is 0 Å². The van der Waals surface area contributed by atoms with Crippen LogP contribution in [0.1, 0.15) is 41.9 Å². The van der Waals surface area contributed by atoms with Gasteiger partial charge < -0.3 is 0 Å². The van der Waals surface area contributed by atoms with E-state index in [0.717, 1.165) is 28.8 Å². The summed E-state index contributed by atoms with van der Waals surface area (Å²) in [4.78, 5) is 5.19. The number of rotatable bonds is 5. The summed E-state index contributed by atoms with van der Waals surface area (Å²) in [7, 11) is 0. The van der Waals surface area contributed by atoms with Gasteiger partial charge in [-0.1, -0.05) is 189 Å². The standard InChI is InChI=1S/C55H40N2/c1-36-42(39-30-32-40(33-31-39)55-56-50-28-12-13-29-51(50)57(55)41-20-4-2-3-5-21-41)34-35-49-52(36)54(46-27-15-19-38-17-7-9-23-44(38)46)48-25-11-10-24-47(48)53(49)45-26-14-18-37-16-6-8-22-43(37)45/h2-20,22-36,42H,21H2,1H3. The SMILES string of the molecule is CC1c2c(c(-c3cccc4ccccc34)c3ccccc3c2-c2cccc3ccccc23)C=CC1c1ccc(-c2nc3ccccc3n2C2=CC=CC=CC2)cc1. The van der Waals surface area contributed by atoms with Gasteiger partial charge in [0.05, 0.1) is 11.0 Å². The van der Waals surface area contributed by atoms with Crippen LogP contribution in [0.2, 0.25) is 0 Å². The van der Waals surface area contributed by atoms with E-state index in [0.29, 0.717) is 0 Å². The Morgan fingerprint density at radius 3 is 1.91 bits per heavy atom. The van der Waals surface area contributed by atoms with E-state index in [4.69, 9.17) is 4.98 Å². The fraction of sp³-hybridized carbons (Fsp3) is 0.0727. The van der Waals surface area contributed by atoms with Crippen LogP contribution in [-0.4, -0.2) is 9.55 Å². The van der Waals surface area contributed by atoms with Crippen molar-refractivity contribution in [3.63, 3.8) is 0 Å². The number of allylic oxidation sites excluding steroid dienone is 7.